The van der Waals surface area contributed by atoms with Gasteiger partial charge in [0.05, 0.1) is 0 Å². The molecule has 0 saturated carbocycles. The Labute approximate surface area is 80.4 Å². The van der Waals surface area contributed by atoms with Crippen molar-refractivity contribution in [2.45, 2.75) is 26.2 Å². The van der Waals surface area contributed by atoms with Crippen LogP contribution in [0.3, 0.4) is 0 Å². The quantitative estimate of drug-likeness (QED) is 0.538. The summed E-state index contributed by atoms with van der Waals surface area (Å²) in [5.74, 6) is 0. The van der Waals surface area contributed by atoms with Gasteiger partial charge in [-0.05, 0) is 0 Å². The van der Waals surface area contributed by atoms with E-state index in [1.807, 2.05) is 0 Å². The second-order valence-electron chi connectivity index (χ2n) is 3.80. The summed E-state index contributed by atoms with van der Waals surface area (Å²) in [5.41, 5.74) is 1.73. The van der Waals surface area contributed by atoms with Crippen molar-refractivity contribution in [3.05, 3.63) is 29.8 Å². The van der Waals surface area contributed by atoms with Crippen molar-refractivity contribution in [3.63, 3.8) is 0 Å². The fraction of sp³-hybridized carbons (Fsp3) is 0.400. The molecule has 0 bridgehead atoms. The number of hydrogen-bond acceptors (Lipinski definition) is 0. The molecular weight excluding hydrogens is 168 g/mol. The number of rotatable bonds is 0. The summed E-state index contributed by atoms with van der Waals surface area (Å²) in [7, 11) is 0. The van der Waals surface area contributed by atoms with Crippen LogP contribution in [0.15, 0.2) is 24.3 Å². The molecule has 0 aliphatic heterocycles. The molecule has 0 heterocycles. The van der Waals surface area contributed by atoms with Crippen molar-refractivity contribution in [2.24, 2.45) is 0 Å². The van der Waals surface area contributed by atoms with Crippen molar-refractivity contribution in [1.82, 2.24) is 0 Å². The fourth-order valence-corrected chi connectivity index (χ4v) is 2.00. The Morgan fingerprint density at radius 3 is 2.00 bits per heavy atom. The summed E-state index contributed by atoms with van der Waals surface area (Å²) in [5, 5.41) is 0. The van der Waals surface area contributed by atoms with Crippen LogP contribution in [0, 0.1) is 0 Å². The molecule has 1 heteroatoms. The molecule has 0 spiro atoms. The minimum atomic E-state index is 0.283. The Hall–Kier alpha value is -0.0657. The fourth-order valence-electron chi connectivity index (χ4n) is 1.14. The molecule has 0 nitrogen and oxygen atoms in total. The third kappa shape index (κ3) is 2.18. The Morgan fingerprint density at radius 2 is 1.64 bits per heavy atom. The van der Waals surface area contributed by atoms with E-state index in [0.717, 1.165) is 0 Å². The normalized spacial score (nSPS) is 11.5. The van der Waals surface area contributed by atoms with E-state index in [2.05, 4.69) is 65.5 Å². The summed E-state index contributed by atoms with van der Waals surface area (Å²) < 4.78 is 1.39. The van der Waals surface area contributed by atoms with Gasteiger partial charge in [0.2, 0.25) is 0 Å². The molecule has 0 fully saturated rings. The first-order chi connectivity index (χ1) is 5.02. The van der Waals surface area contributed by atoms with Crippen LogP contribution in [0.2, 0.25) is 0 Å². The van der Waals surface area contributed by atoms with Gasteiger partial charge in [-0.15, -0.1) is 0 Å². The van der Waals surface area contributed by atoms with Crippen LogP contribution >= 0.6 is 0 Å². The van der Waals surface area contributed by atoms with E-state index in [1.54, 1.807) is 0 Å². The first-order valence-electron chi connectivity index (χ1n) is 3.83. The molecule has 0 unspecified atom stereocenters. The van der Waals surface area contributed by atoms with Gasteiger partial charge < -0.3 is 0 Å². The van der Waals surface area contributed by atoms with E-state index in [0.29, 0.717) is 0 Å². The van der Waals surface area contributed by atoms with Crippen molar-refractivity contribution in [3.8, 4) is 0 Å². The maximum atomic E-state index is 2.25. The maximum absolute atomic E-state index is 2.25. The van der Waals surface area contributed by atoms with E-state index in [9.17, 15) is 0 Å². The van der Waals surface area contributed by atoms with Gasteiger partial charge in [-0.25, -0.2) is 0 Å². The van der Waals surface area contributed by atoms with E-state index >= 15 is 0 Å². The van der Waals surface area contributed by atoms with Gasteiger partial charge in [0.25, 0.3) is 0 Å². The van der Waals surface area contributed by atoms with Crippen LogP contribution < -0.4 is 3.87 Å². The molecule has 57 valence electrons. The van der Waals surface area contributed by atoms with Crippen LogP contribution in [0.4, 0.5) is 0 Å². The SMILES string of the molecule is CC(C)(C)c1cccc[c]1[Ti]. The molecule has 0 N–H and O–H groups in total. The Kier molecular flexibility index (Phi) is 2.56. The zero-order valence-electron chi connectivity index (χ0n) is 7.31. The molecule has 0 radical (unpaired) electrons. The topological polar surface area (TPSA) is 0 Å². The van der Waals surface area contributed by atoms with E-state index in [4.69, 9.17) is 0 Å². The van der Waals surface area contributed by atoms with Crippen LogP contribution in [-0.2, 0) is 25.9 Å². The van der Waals surface area contributed by atoms with Gasteiger partial charge in [-0.1, -0.05) is 0 Å². The molecule has 0 saturated heterocycles. The molecule has 0 aromatic heterocycles. The van der Waals surface area contributed by atoms with Gasteiger partial charge in [0.1, 0.15) is 0 Å². The van der Waals surface area contributed by atoms with Crippen molar-refractivity contribution in [1.29, 1.82) is 0 Å². The molecule has 1 rings (SSSR count). The average molecular weight is 181 g/mol. The van der Waals surface area contributed by atoms with Crippen molar-refractivity contribution in [2.75, 3.05) is 0 Å². The standard InChI is InChI=1S/C10H13.Ti/c1-10(2,3)9-7-5-4-6-8-9;/h4-7H,1-3H3;. The van der Waals surface area contributed by atoms with Crippen LogP contribution in [0.1, 0.15) is 26.3 Å². The van der Waals surface area contributed by atoms with Crippen molar-refractivity contribution >= 4 is 3.87 Å². The first-order valence-corrected chi connectivity index (χ1v) is 4.61. The van der Waals surface area contributed by atoms with E-state index in [-0.39, 0.29) is 5.41 Å². The van der Waals surface area contributed by atoms with Crippen molar-refractivity contribution < 1.29 is 20.4 Å². The Balaban J connectivity index is 3.14. The number of hydrogen-bond donors (Lipinski definition) is 0. The van der Waals surface area contributed by atoms with Gasteiger partial charge in [-0.3, -0.25) is 0 Å². The molecule has 1 aromatic carbocycles. The summed E-state index contributed by atoms with van der Waals surface area (Å²) in [6.45, 7) is 6.74. The zero-order chi connectivity index (χ0) is 8.48. The van der Waals surface area contributed by atoms with Gasteiger partial charge in [-0.2, -0.15) is 0 Å². The Morgan fingerprint density at radius 1 is 1.09 bits per heavy atom. The third-order valence-electron chi connectivity index (χ3n) is 1.74. The van der Waals surface area contributed by atoms with E-state index < -0.39 is 0 Å². The molecule has 0 aliphatic carbocycles. The summed E-state index contributed by atoms with van der Waals surface area (Å²) >= 11 is 2.17. The van der Waals surface area contributed by atoms with Gasteiger partial charge in [0, 0.05) is 0 Å². The van der Waals surface area contributed by atoms with Crippen LogP contribution in [-0.4, -0.2) is 0 Å². The second kappa shape index (κ2) is 3.12. The van der Waals surface area contributed by atoms with Crippen LogP contribution in [0.5, 0.6) is 0 Å². The third-order valence-corrected chi connectivity index (χ3v) is 2.42. The van der Waals surface area contributed by atoms with Gasteiger partial charge in [0.15, 0.2) is 0 Å². The molecule has 1 aromatic rings. The summed E-state index contributed by atoms with van der Waals surface area (Å²) in [4.78, 5) is 0. The average Bonchev–Trinajstić information content (AvgIpc) is 1.86. The van der Waals surface area contributed by atoms with E-state index in [1.165, 1.54) is 9.43 Å². The monoisotopic (exact) mass is 181 g/mol. The molecular formula is C10H13Ti. The first kappa shape index (κ1) is 9.03. The summed E-state index contributed by atoms with van der Waals surface area (Å²) in [6.07, 6.45) is 0. The summed E-state index contributed by atoms with van der Waals surface area (Å²) in [6, 6.07) is 8.56. The number of benzene rings is 1. The minimum absolute atomic E-state index is 0.283. The Bertz CT molecular complexity index is 245. The molecule has 0 aliphatic rings. The van der Waals surface area contributed by atoms with Gasteiger partial charge >= 0.3 is 80.3 Å². The van der Waals surface area contributed by atoms with Crippen LogP contribution in [0.25, 0.3) is 0 Å². The molecule has 11 heavy (non-hydrogen) atoms. The molecule has 0 atom stereocenters. The predicted molar refractivity (Wildman–Crippen MR) is 44.8 cm³/mol. The zero-order valence-corrected chi connectivity index (χ0v) is 8.87. The molecule has 0 amide bonds. The predicted octanol–water partition coefficient (Wildman–Crippen LogP) is 2.16. The second-order valence-corrected chi connectivity index (χ2v) is 4.64.